The Morgan fingerprint density at radius 3 is 2.59 bits per heavy atom. The van der Waals surface area contributed by atoms with Crippen molar-refractivity contribution in [3.05, 3.63) is 65.2 Å². The lowest BCUT2D eigenvalue weighted by Gasteiger charge is -2.14. The largest absolute Gasteiger partial charge is 0.216 e. The van der Waals surface area contributed by atoms with Gasteiger partial charge in [0.1, 0.15) is 0 Å². The fraction of sp³-hybridized carbons (Fsp3) is 0.286. The van der Waals surface area contributed by atoms with Gasteiger partial charge in [0.2, 0.25) is 11.2 Å². The number of nitrogens with zero attached hydrogens (tertiary/aromatic N) is 1. The van der Waals surface area contributed by atoms with Gasteiger partial charge in [-0.05, 0) is 36.1 Å². The van der Waals surface area contributed by atoms with E-state index < -0.39 is 0 Å². The highest BCUT2D eigenvalue weighted by Gasteiger charge is 2.28. The molecule has 1 aliphatic rings. The molecule has 0 radical (unpaired) electrons. The standard InChI is InChI=1S/C21H22N/c1-14(2)18-9-4-6-15(3)20(18)19-11-10-16-7-5-8-17-12-13-22(19)21(16)17/h4-11,14H,12-13H2,1-3H3/q+1. The first-order chi connectivity index (χ1) is 10.7. The molecule has 0 saturated heterocycles. The molecule has 22 heavy (non-hydrogen) atoms. The molecule has 0 unspecified atom stereocenters. The van der Waals surface area contributed by atoms with E-state index in [0.717, 1.165) is 13.0 Å². The summed E-state index contributed by atoms with van der Waals surface area (Å²) < 4.78 is 2.53. The molecule has 110 valence electrons. The zero-order chi connectivity index (χ0) is 15.3. The van der Waals surface area contributed by atoms with Crippen molar-refractivity contribution in [2.45, 2.75) is 39.7 Å². The lowest BCUT2D eigenvalue weighted by atomic mass is 9.91. The van der Waals surface area contributed by atoms with E-state index in [1.165, 1.54) is 38.9 Å². The van der Waals surface area contributed by atoms with E-state index in [4.69, 9.17) is 0 Å². The molecule has 0 spiro atoms. The highest BCUT2D eigenvalue weighted by Crippen LogP contribution is 2.33. The summed E-state index contributed by atoms with van der Waals surface area (Å²) in [5.41, 5.74) is 8.54. The molecule has 2 heterocycles. The predicted molar refractivity (Wildman–Crippen MR) is 92.1 cm³/mol. The summed E-state index contributed by atoms with van der Waals surface area (Å²) in [5.74, 6) is 0.537. The Morgan fingerprint density at radius 1 is 0.955 bits per heavy atom. The molecule has 0 amide bonds. The Balaban J connectivity index is 2.06. The molecule has 1 aromatic heterocycles. The Bertz CT molecular complexity index is 874. The van der Waals surface area contributed by atoms with Gasteiger partial charge in [-0.15, -0.1) is 0 Å². The summed E-state index contributed by atoms with van der Waals surface area (Å²) in [7, 11) is 0. The van der Waals surface area contributed by atoms with Crippen molar-refractivity contribution in [1.29, 1.82) is 0 Å². The lowest BCUT2D eigenvalue weighted by Crippen LogP contribution is -2.34. The van der Waals surface area contributed by atoms with Gasteiger partial charge < -0.3 is 0 Å². The van der Waals surface area contributed by atoms with Crippen LogP contribution >= 0.6 is 0 Å². The maximum absolute atomic E-state index is 2.53. The maximum atomic E-state index is 2.53. The van der Waals surface area contributed by atoms with Crippen molar-refractivity contribution >= 4 is 10.9 Å². The van der Waals surface area contributed by atoms with Crippen LogP contribution in [0, 0.1) is 6.92 Å². The van der Waals surface area contributed by atoms with Crippen LogP contribution in [0.2, 0.25) is 0 Å². The molecular weight excluding hydrogens is 266 g/mol. The van der Waals surface area contributed by atoms with Gasteiger partial charge >= 0.3 is 0 Å². The summed E-state index contributed by atoms with van der Waals surface area (Å²) in [6, 6.07) is 18.0. The second-order valence-corrected chi connectivity index (χ2v) is 6.67. The number of rotatable bonds is 2. The topological polar surface area (TPSA) is 3.88 Å². The highest BCUT2D eigenvalue weighted by molar-refractivity contribution is 5.82. The molecule has 1 nitrogen and oxygen atoms in total. The van der Waals surface area contributed by atoms with Gasteiger partial charge in [-0.3, -0.25) is 0 Å². The van der Waals surface area contributed by atoms with Crippen LogP contribution in [0.5, 0.6) is 0 Å². The zero-order valence-corrected chi connectivity index (χ0v) is 13.6. The fourth-order valence-corrected chi connectivity index (χ4v) is 3.86. The van der Waals surface area contributed by atoms with Gasteiger partial charge in [-0.2, -0.15) is 4.57 Å². The van der Waals surface area contributed by atoms with Crippen LogP contribution in [-0.2, 0) is 13.0 Å². The number of hydrogen-bond acceptors (Lipinski definition) is 0. The summed E-state index contributed by atoms with van der Waals surface area (Å²) in [4.78, 5) is 0. The third-order valence-corrected chi connectivity index (χ3v) is 4.92. The van der Waals surface area contributed by atoms with E-state index in [1.807, 2.05) is 0 Å². The van der Waals surface area contributed by atoms with Crippen molar-refractivity contribution in [2.24, 2.45) is 0 Å². The van der Waals surface area contributed by atoms with Crippen molar-refractivity contribution in [3.63, 3.8) is 0 Å². The molecule has 1 heteroatoms. The van der Waals surface area contributed by atoms with Crippen LogP contribution in [0.25, 0.3) is 22.2 Å². The first-order valence-electron chi connectivity index (χ1n) is 8.21. The zero-order valence-electron chi connectivity index (χ0n) is 13.6. The minimum absolute atomic E-state index is 0.537. The second kappa shape index (κ2) is 4.95. The van der Waals surface area contributed by atoms with Crippen LogP contribution in [0.15, 0.2) is 48.5 Å². The number of pyridine rings is 1. The molecule has 0 bridgehead atoms. The van der Waals surface area contributed by atoms with E-state index in [-0.39, 0.29) is 0 Å². The fourth-order valence-electron chi connectivity index (χ4n) is 3.86. The molecule has 0 saturated carbocycles. The lowest BCUT2D eigenvalue weighted by molar-refractivity contribution is -0.653. The van der Waals surface area contributed by atoms with Gasteiger partial charge in [-0.25, -0.2) is 0 Å². The minimum atomic E-state index is 0.537. The average molecular weight is 288 g/mol. The van der Waals surface area contributed by atoms with E-state index >= 15 is 0 Å². The number of para-hydroxylation sites is 1. The van der Waals surface area contributed by atoms with Crippen LogP contribution in [0.3, 0.4) is 0 Å². The number of aryl methyl sites for hydroxylation is 3. The van der Waals surface area contributed by atoms with Gasteiger partial charge in [0.15, 0.2) is 6.54 Å². The molecule has 0 atom stereocenters. The number of hydrogen-bond donors (Lipinski definition) is 0. The van der Waals surface area contributed by atoms with Gasteiger partial charge in [-0.1, -0.05) is 44.2 Å². The first-order valence-corrected chi connectivity index (χ1v) is 8.21. The molecule has 1 aliphatic heterocycles. The van der Waals surface area contributed by atoms with E-state index in [0.29, 0.717) is 5.92 Å². The van der Waals surface area contributed by atoms with E-state index in [2.05, 4.69) is 73.9 Å². The molecule has 2 aromatic carbocycles. The summed E-state index contributed by atoms with van der Waals surface area (Å²) in [6.07, 6.45) is 1.15. The summed E-state index contributed by atoms with van der Waals surface area (Å²) in [6.45, 7) is 7.90. The average Bonchev–Trinajstić information content (AvgIpc) is 2.94. The summed E-state index contributed by atoms with van der Waals surface area (Å²) in [5, 5.41) is 1.36. The van der Waals surface area contributed by atoms with E-state index in [1.54, 1.807) is 0 Å². The van der Waals surface area contributed by atoms with E-state index in [9.17, 15) is 0 Å². The molecular formula is C21H22N+. The van der Waals surface area contributed by atoms with Crippen molar-refractivity contribution in [1.82, 2.24) is 0 Å². The monoisotopic (exact) mass is 288 g/mol. The normalized spacial score (nSPS) is 13.3. The smallest absolute Gasteiger partial charge is 0.191 e. The van der Waals surface area contributed by atoms with Crippen molar-refractivity contribution in [2.75, 3.05) is 0 Å². The Kier molecular flexibility index (Phi) is 3.04. The van der Waals surface area contributed by atoms with Crippen molar-refractivity contribution < 1.29 is 4.57 Å². The maximum Gasteiger partial charge on any atom is 0.216 e. The molecule has 4 rings (SSSR count). The first kappa shape index (κ1) is 13.5. The minimum Gasteiger partial charge on any atom is -0.191 e. The van der Waals surface area contributed by atoms with Gasteiger partial charge in [0, 0.05) is 23.4 Å². The Labute approximate surface area is 132 Å². The summed E-state index contributed by atoms with van der Waals surface area (Å²) >= 11 is 0. The molecule has 3 aromatic rings. The Morgan fingerprint density at radius 2 is 1.77 bits per heavy atom. The molecule has 0 aliphatic carbocycles. The van der Waals surface area contributed by atoms with Crippen LogP contribution in [-0.4, -0.2) is 0 Å². The third kappa shape index (κ3) is 1.89. The van der Waals surface area contributed by atoms with Crippen LogP contribution < -0.4 is 4.57 Å². The van der Waals surface area contributed by atoms with Crippen LogP contribution in [0.1, 0.15) is 36.5 Å². The highest BCUT2D eigenvalue weighted by atomic mass is 15.0. The van der Waals surface area contributed by atoms with Crippen molar-refractivity contribution in [3.8, 4) is 11.3 Å². The third-order valence-electron chi connectivity index (χ3n) is 4.92. The number of benzene rings is 2. The Hall–Kier alpha value is -2.15. The van der Waals surface area contributed by atoms with Gasteiger partial charge in [0.25, 0.3) is 0 Å². The second-order valence-electron chi connectivity index (χ2n) is 6.67. The molecule has 0 fully saturated rings. The van der Waals surface area contributed by atoms with Gasteiger partial charge in [0.05, 0.1) is 5.56 Å². The quantitative estimate of drug-likeness (QED) is 0.597. The molecule has 0 N–H and O–H groups in total. The number of aromatic nitrogens is 1. The predicted octanol–water partition coefficient (Wildman–Crippen LogP) is 4.78. The van der Waals surface area contributed by atoms with Crippen LogP contribution in [0.4, 0.5) is 0 Å². The SMILES string of the molecule is Cc1cccc(C(C)C)c1-c1ccc2cccc3c2[n+]1CC3.